The molecule has 0 unspecified atom stereocenters. The zero-order valence-electron chi connectivity index (χ0n) is 12.3. The van der Waals surface area contributed by atoms with Crippen molar-refractivity contribution in [1.29, 1.82) is 0 Å². The van der Waals surface area contributed by atoms with E-state index in [1.165, 1.54) is 12.8 Å². The van der Waals surface area contributed by atoms with Crippen molar-refractivity contribution in [3.63, 3.8) is 0 Å². The van der Waals surface area contributed by atoms with Crippen molar-refractivity contribution < 1.29 is 4.42 Å². The summed E-state index contributed by atoms with van der Waals surface area (Å²) in [7, 11) is 1.78. The first kappa shape index (κ1) is 13.9. The van der Waals surface area contributed by atoms with Gasteiger partial charge in [-0.05, 0) is 18.8 Å². The van der Waals surface area contributed by atoms with Gasteiger partial charge in [-0.3, -0.25) is 4.99 Å². The average Bonchev–Trinajstić information content (AvgIpc) is 3.04. The second kappa shape index (κ2) is 5.63. The molecular weight excluding hydrogens is 240 g/mol. The van der Waals surface area contributed by atoms with E-state index in [4.69, 9.17) is 4.42 Å². The second-order valence-electron chi connectivity index (χ2n) is 6.12. The quantitative estimate of drug-likeness (QED) is 0.645. The number of rotatable bonds is 4. The molecule has 1 heterocycles. The van der Waals surface area contributed by atoms with Crippen LogP contribution in [0.4, 0.5) is 0 Å². The zero-order chi connectivity index (χ0) is 13.9. The number of aromatic nitrogens is 1. The number of guanidine groups is 1. The van der Waals surface area contributed by atoms with Gasteiger partial charge in [-0.25, -0.2) is 4.98 Å². The van der Waals surface area contributed by atoms with Gasteiger partial charge in [0, 0.05) is 19.0 Å². The minimum atomic E-state index is -0.00283. The van der Waals surface area contributed by atoms with Gasteiger partial charge in [0.05, 0.1) is 12.7 Å². The molecule has 0 amide bonds. The molecule has 1 aromatic heterocycles. The average molecular weight is 264 g/mol. The smallest absolute Gasteiger partial charge is 0.213 e. The van der Waals surface area contributed by atoms with Gasteiger partial charge in [-0.15, -0.1) is 0 Å². The van der Waals surface area contributed by atoms with Crippen LogP contribution in [-0.4, -0.2) is 24.5 Å². The summed E-state index contributed by atoms with van der Waals surface area (Å²) in [5.41, 5.74) is -0.00283. The summed E-state index contributed by atoms with van der Waals surface area (Å²) >= 11 is 0. The molecule has 1 aliphatic rings. The van der Waals surface area contributed by atoms with Gasteiger partial charge >= 0.3 is 0 Å². The van der Waals surface area contributed by atoms with Crippen LogP contribution < -0.4 is 10.6 Å². The third-order valence-corrected chi connectivity index (χ3v) is 3.18. The van der Waals surface area contributed by atoms with Crippen molar-refractivity contribution in [2.45, 2.75) is 45.6 Å². The predicted molar refractivity (Wildman–Crippen MR) is 76.1 cm³/mol. The third kappa shape index (κ3) is 4.26. The maximum atomic E-state index is 5.72. The van der Waals surface area contributed by atoms with Crippen LogP contribution in [0.5, 0.6) is 0 Å². The number of hydrogen-bond acceptors (Lipinski definition) is 3. The van der Waals surface area contributed by atoms with Crippen molar-refractivity contribution in [1.82, 2.24) is 15.6 Å². The van der Waals surface area contributed by atoms with E-state index in [-0.39, 0.29) is 5.41 Å². The van der Waals surface area contributed by atoms with Crippen molar-refractivity contribution in [2.24, 2.45) is 10.9 Å². The normalized spacial score (nSPS) is 16.5. The van der Waals surface area contributed by atoms with Crippen LogP contribution in [0.15, 0.2) is 15.6 Å². The molecule has 0 saturated heterocycles. The Balaban J connectivity index is 1.81. The van der Waals surface area contributed by atoms with Crippen molar-refractivity contribution in [3.05, 3.63) is 17.8 Å². The fourth-order valence-corrected chi connectivity index (χ4v) is 1.68. The van der Waals surface area contributed by atoms with Crippen molar-refractivity contribution in [2.75, 3.05) is 13.6 Å². The lowest BCUT2D eigenvalue weighted by molar-refractivity contribution is 0.379. The van der Waals surface area contributed by atoms with Crippen LogP contribution in [0.3, 0.4) is 0 Å². The highest BCUT2D eigenvalue weighted by Gasteiger charge is 2.21. The molecule has 0 atom stereocenters. The van der Waals surface area contributed by atoms with E-state index in [0.717, 1.165) is 24.2 Å². The van der Waals surface area contributed by atoms with Crippen LogP contribution in [0.1, 0.15) is 45.3 Å². The van der Waals surface area contributed by atoms with Gasteiger partial charge in [-0.1, -0.05) is 20.8 Å². The summed E-state index contributed by atoms with van der Waals surface area (Å²) in [6, 6.07) is 0. The number of aliphatic imine (C=N–C) groups is 1. The molecule has 5 heteroatoms. The molecule has 1 fully saturated rings. The molecule has 1 aromatic rings. The lowest BCUT2D eigenvalue weighted by Gasteiger charge is -2.13. The molecule has 2 rings (SSSR count). The Morgan fingerprint density at radius 2 is 2.16 bits per heavy atom. The largest absolute Gasteiger partial charge is 0.443 e. The summed E-state index contributed by atoms with van der Waals surface area (Å²) in [5.74, 6) is 3.24. The maximum Gasteiger partial charge on any atom is 0.213 e. The van der Waals surface area contributed by atoms with Crippen LogP contribution >= 0.6 is 0 Å². The summed E-state index contributed by atoms with van der Waals surface area (Å²) < 4.78 is 5.72. The Labute approximate surface area is 114 Å². The molecular formula is C14H24N4O. The molecule has 0 radical (unpaired) electrons. The first-order chi connectivity index (χ1) is 8.99. The highest BCUT2D eigenvalue weighted by atomic mass is 16.4. The molecule has 1 saturated carbocycles. The van der Waals surface area contributed by atoms with Gasteiger partial charge in [0.25, 0.3) is 0 Å². The zero-order valence-corrected chi connectivity index (χ0v) is 12.3. The minimum Gasteiger partial charge on any atom is -0.443 e. The molecule has 5 nitrogen and oxygen atoms in total. The predicted octanol–water partition coefficient (Wildman–Crippen LogP) is 2.05. The van der Waals surface area contributed by atoms with Gasteiger partial charge in [0.15, 0.2) is 5.96 Å². The lowest BCUT2D eigenvalue weighted by atomic mass is 9.94. The Bertz CT molecular complexity index is 441. The van der Waals surface area contributed by atoms with E-state index in [0.29, 0.717) is 12.4 Å². The van der Waals surface area contributed by atoms with E-state index in [1.807, 2.05) is 0 Å². The van der Waals surface area contributed by atoms with Crippen molar-refractivity contribution in [3.8, 4) is 0 Å². The standard InChI is InChI=1S/C14H24N4O/c1-14(2,3)11-8-16-12(19-11)9-18-13(15-4)17-7-10-5-6-10/h8,10H,5-7,9H2,1-4H3,(H2,15,17,18). The Morgan fingerprint density at radius 3 is 2.68 bits per heavy atom. The number of oxazole rings is 1. The summed E-state index contributed by atoms with van der Waals surface area (Å²) in [6.07, 6.45) is 4.47. The molecule has 0 bridgehead atoms. The van der Waals surface area contributed by atoms with Gasteiger partial charge in [0.1, 0.15) is 5.76 Å². The minimum absolute atomic E-state index is 0.00283. The van der Waals surface area contributed by atoms with E-state index in [2.05, 4.69) is 41.4 Å². The van der Waals surface area contributed by atoms with Crippen LogP contribution in [-0.2, 0) is 12.0 Å². The number of nitrogens with one attached hydrogen (secondary N) is 2. The highest BCUT2D eigenvalue weighted by Crippen LogP contribution is 2.27. The summed E-state index contributed by atoms with van der Waals surface area (Å²) in [5, 5.41) is 6.52. The molecule has 0 aromatic carbocycles. The maximum absolute atomic E-state index is 5.72. The van der Waals surface area contributed by atoms with Crippen LogP contribution in [0.2, 0.25) is 0 Å². The van der Waals surface area contributed by atoms with E-state index in [1.54, 1.807) is 13.2 Å². The topological polar surface area (TPSA) is 62.5 Å². The molecule has 0 spiro atoms. The van der Waals surface area contributed by atoms with E-state index < -0.39 is 0 Å². The fraction of sp³-hybridized carbons (Fsp3) is 0.714. The molecule has 106 valence electrons. The summed E-state index contributed by atoms with van der Waals surface area (Å²) in [4.78, 5) is 8.47. The first-order valence-corrected chi connectivity index (χ1v) is 6.88. The first-order valence-electron chi connectivity index (χ1n) is 6.88. The molecule has 2 N–H and O–H groups in total. The third-order valence-electron chi connectivity index (χ3n) is 3.18. The fourth-order valence-electron chi connectivity index (χ4n) is 1.68. The van der Waals surface area contributed by atoms with Gasteiger partial charge < -0.3 is 15.1 Å². The van der Waals surface area contributed by atoms with E-state index in [9.17, 15) is 0 Å². The van der Waals surface area contributed by atoms with Crippen molar-refractivity contribution >= 4 is 5.96 Å². The second-order valence-corrected chi connectivity index (χ2v) is 6.12. The Hall–Kier alpha value is -1.52. The van der Waals surface area contributed by atoms with Crippen LogP contribution in [0.25, 0.3) is 0 Å². The SMILES string of the molecule is CN=C(NCc1ncc(C(C)(C)C)o1)NCC1CC1. The number of nitrogens with zero attached hydrogens (tertiary/aromatic N) is 2. The molecule has 0 aliphatic heterocycles. The monoisotopic (exact) mass is 264 g/mol. The van der Waals surface area contributed by atoms with Crippen LogP contribution in [0, 0.1) is 5.92 Å². The Kier molecular flexibility index (Phi) is 4.12. The molecule has 19 heavy (non-hydrogen) atoms. The van der Waals surface area contributed by atoms with Gasteiger partial charge in [-0.2, -0.15) is 0 Å². The highest BCUT2D eigenvalue weighted by molar-refractivity contribution is 5.79. The molecule has 1 aliphatic carbocycles. The van der Waals surface area contributed by atoms with E-state index >= 15 is 0 Å². The summed E-state index contributed by atoms with van der Waals surface area (Å²) in [6.45, 7) is 7.89. The van der Waals surface area contributed by atoms with Gasteiger partial charge in [0.2, 0.25) is 5.89 Å². The lowest BCUT2D eigenvalue weighted by Crippen LogP contribution is -2.37. The number of hydrogen-bond donors (Lipinski definition) is 2. The Morgan fingerprint density at radius 1 is 1.42 bits per heavy atom.